The van der Waals surface area contributed by atoms with Crippen molar-refractivity contribution in [2.75, 3.05) is 28.4 Å². The normalized spacial score (nSPS) is 15.5. The molecule has 6 aromatic rings. The number of H-pyrrole nitrogens is 2. The molecule has 0 aliphatic heterocycles. The zero-order valence-electron chi connectivity index (χ0n) is 32.7. The first-order chi connectivity index (χ1) is 28.8. The van der Waals surface area contributed by atoms with Crippen LogP contribution in [0.2, 0.25) is 0 Å². The Morgan fingerprint density at radius 2 is 1.07 bits per heavy atom. The summed E-state index contributed by atoms with van der Waals surface area (Å²) in [5.74, 6) is -1.85. The van der Waals surface area contributed by atoms with Crippen LogP contribution in [-0.4, -0.2) is 58.7 Å². The lowest BCUT2D eigenvalue weighted by Gasteiger charge is -2.24. The summed E-state index contributed by atoms with van der Waals surface area (Å²) in [5, 5.41) is 37.0. The minimum Gasteiger partial charge on any atom is -0.497 e. The van der Waals surface area contributed by atoms with Crippen LogP contribution in [0.4, 0.5) is 28.9 Å². The highest BCUT2D eigenvalue weighted by Crippen LogP contribution is 2.44. The minimum atomic E-state index is -0.797. The Hall–Kier alpha value is -6.98. The molecule has 312 valence electrons. The Labute approximate surface area is 339 Å². The number of nitrogens with one attached hydrogen (secondary N) is 2. The number of aromatic nitrogens is 4. The summed E-state index contributed by atoms with van der Waals surface area (Å²) in [6.07, 6.45) is 3.13. The number of nitro benzene ring substituents is 2. The molecule has 2 heterocycles. The number of methoxy groups -OCH3 is 4. The van der Waals surface area contributed by atoms with Gasteiger partial charge >= 0.3 is 0 Å². The van der Waals surface area contributed by atoms with E-state index in [1.165, 1.54) is 26.4 Å². The fourth-order valence-corrected chi connectivity index (χ4v) is 8.03. The molecule has 2 N–H and O–H groups in total. The lowest BCUT2D eigenvalue weighted by atomic mass is 9.81. The van der Waals surface area contributed by atoms with Crippen molar-refractivity contribution >= 4 is 11.4 Å². The topological polar surface area (TPSA) is 181 Å². The monoisotopic (exact) mass is 830 g/mol. The maximum Gasteiger partial charge on any atom is 0.279 e. The highest BCUT2D eigenvalue weighted by molar-refractivity contribution is 5.75. The average Bonchev–Trinajstić information content (AvgIpc) is 3.87. The molecule has 0 bridgehead atoms. The van der Waals surface area contributed by atoms with E-state index in [-0.39, 0.29) is 57.6 Å². The molecule has 0 amide bonds. The van der Waals surface area contributed by atoms with Crippen LogP contribution in [0.15, 0.2) is 60.7 Å². The number of ether oxygens (including phenoxy) is 4. The molecule has 60 heavy (non-hydrogen) atoms. The molecule has 2 atom stereocenters. The van der Waals surface area contributed by atoms with Crippen molar-refractivity contribution in [2.24, 2.45) is 0 Å². The highest BCUT2D eigenvalue weighted by atomic mass is 19.1. The molecule has 0 spiro atoms. The summed E-state index contributed by atoms with van der Waals surface area (Å²) in [5.41, 5.74) is 4.58. The molecule has 2 aliphatic carbocycles. The molecular formula is C42H38F4N6O8. The molecule has 0 fully saturated rings. The predicted molar refractivity (Wildman–Crippen MR) is 210 cm³/mol. The first-order valence-electron chi connectivity index (χ1n) is 18.7. The summed E-state index contributed by atoms with van der Waals surface area (Å²) >= 11 is 0. The summed E-state index contributed by atoms with van der Waals surface area (Å²) < 4.78 is 78.1. The van der Waals surface area contributed by atoms with Gasteiger partial charge in [-0.25, -0.2) is 17.6 Å². The van der Waals surface area contributed by atoms with Gasteiger partial charge < -0.3 is 18.9 Å². The van der Waals surface area contributed by atoms with E-state index in [1.54, 1.807) is 14.2 Å². The molecule has 14 nitrogen and oxygen atoms in total. The van der Waals surface area contributed by atoms with Crippen LogP contribution in [-0.2, 0) is 25.7 Å². The second-order valence-corrected chi connectivity index (χ2v) is 14.2. The first-order valence-corrected chi connectivity index (χ1v) is 18.7. The van der Waals surface area contributed by atoms with E-state index in [1.807, 2.05) is 18.2 Å². The Morgan fingerprint density at radius 3 is 1.50 bits per heavy atom. The van der Waals surface area contributed by atoms with Gasteiger partial charge in [-0.3, -0.25) is 30.4 Å². The van der Waals surface area contributed by atoms with Crippen LogP contribution in [0, 0.1) is 43.5 Å². The first kappa shape index (κ1) is 41.2. The van der Waals surface area contributed by atoms with Crippen LogP contribution in [0.25, 0.3) is 22.5 Å². The number of rotatable bonds is 10. The maximum atomic E-state index is 14.9. The standard InChI is InChI=1S/C21H18F3N3O4.C21H20FN3O4/c1-30-16-9-17(31-2)20(24)18(19(16)23)10-3-5-12-14(7-10)25-26-21(12)13-8-11(22)4-6-15(13)27(28)29;1-28-15-7-13(8-16(11-15)29-2)12-3-5-17-19(9-12)23-24-21(17)18-10-14(22)4-6-20(18)25(26)27/h4,6,8-10H,3,5,7H2,1-2H3,(H,25,26);4,6-8,10-12H,3,5,9H2,1-2H3,(H,23,24). The highest BCUT2D eigenvalue weighted by Gasteiger charge is 2.34. The molecule has 0 saturated carbocycles. The molecule has 2 aromatic heterocycles. The number of hydrogen-bond acceptors (Lipinski definition) is 10. The van der Waals surface area contributed by atoms with Crippen molar-refractivity contribution < 1.29 is 46.4 Å². The second kappa shape index (κ2) is 17.1. The number of nitro groups is 2. The van der Waals surface area contributed by atoms with Crippen molar-refractivity contribution in [1.82, 2.24) is 20.4 Å². The number of fused-ring (bicyclic) bond motifs is 2. The summed E-state index contributed by atoms with van der Waals surface area (Å²) in [7, 11) is 5.80. The third-order valence-corrected chi connectivity index (χ3v) is 11.0. The molecule has 0 saturated heterocycles. The van der Waals surface area contributed by atoms with Gasteiger partial charge in [-0.15, -0.1) is 0 Å². The van der Waals surface area contributed by atoms with Gasteiger partial charge in [0.1, 0.15) is 34.5 Å². The quantitative estimate of drug-likeness (QED) is 0.0768. The molecule has 4 aromatic carbocycles. The van der Waals surface area contributed by atoms with Crippen LogP contribution in [0.3, 0.4) is 0 Å². The molecule has 18 heteroatoms. The van der Waals surface area contributed by atoms with E-state index in [4.69, 9.17) is 18.9 Å². The Balaban J connectivity index is 0.000000182. The summed E-state index contributed by atoms with van der Waals surface area (Å²) in [4.78, 5) is 21.6. The van der Waals surface area contributed by atoms with E-state index in [9.17, 15) is 37.8 Å². The lowest BCUT2D eigenvalue weighted by Crippen LogP contribution is -2.16. The molecule has 2 aliphatic rings. The van der Waals surface area contributed by atoms with Crippen LogP contribution >= 0.6 is 0 Å². The van der Waals surface area contributed by atoms with Gasteiger partial charge in [0.15, 0.2) is 23.1 Å². The number of halogens is 4. The number of aromatic amines is 2. The van der Waals surface area contributed by atoms with E-state index in [2.05, 4.69) is 20.4 Å². The SMILES string of the molecule is COc1cc(OC)c(F)c(C2CCc3c(-c4cc(F)ccc4[N+](=O)[O-])n[nH]c3C2)c1F.COc1cc(OC)cc(C2CCc3c(-c4cc(F)ccc4[N+](=O)[O-])n[nH]c3C2)c1. The fraction of sp³-hybridized carbons (Fsp3) is 0.286. The van der Waals surface area contributed by atoms with Crippen LogP contribution in [0.1, 0.15) is 58.3 Å². The largest absolute Gasteiger partial charge is 0.497 e. The molecule has 0 radical (unpaired) electrons. The average molecular weight is 831 g/mol. The third-order valence-electron chi connectivity index (χ3n) is 11.0. The van der Waals surface area contributed by atoms with E-state index < -0.39 is 39.0 Å². The van der Waals surface area contributed by atoms with Crippen LogP contribution in [0.5, 0.6) is 23.0 Å². The molecular weight excluding hydrogens is 792 g/mol. The maximum absolute atomic E-state index is 14.9. The van der Waals surface area contributed by atoms with Crippen molar-refractivity contribution in [3.8, 4) is 45.5 Å². The fourth-order valence-electron chi connectivity index (χ4n) is 8.03. The van der Waals surface area contributed by atoms with Crippen LogP contribution < -0.4 is 18.9 Å². The van der Waals surface area contributed by atoms with E-state index in [0.29, 0.717) is 42.6 Å². The Kier molecular flexibility index (Phi) is 11.7. The van der Waals surface area contributed by atoms with E-state index >= 15 is 0 Å². The minimum absolute atomic E-state index is 0.0568. The van der Waals surface area contributed by atoms with Crippen molar-refractivity contribution in [3.63, 3.8) is 0 Å². The van der Waals surface area contributed by atoms with Crippen molar-refractivity contribution in [2.45, 2.75) is 50.4 Å². The van der Waals surface area contributed by atoms with E-state index in [0.717, 1.165) is 65.1 Å². The summed E-state index contributed by atoms with van der Waals surface area (Å²) in [6.45, 7) is 0. The summed E-state index contributed by atoms with van der Waals surface area (Å²) in [6, 6.07) is 13.6. The number of benzene rings is 4. The van der Waals surface area contributed by atoms with Crippen molar-refractivity contribution in [1.29, 1.82) is 0 Å². The zero-order chi connectivity index (χ0) is 42.8. The van der Waals surface area contributed by atoms with Gasteiger partial charge in [-0.2, -0.15) is 10.2 Å². The third kappa shape index (κ3) is 7.91. The number of hydrogen-bond donors (Lipinski definition) is 2. The van der Waals surface area contributed by atoms with Gasteiger partial charge in [0.2, 0.25) is 0 Å². The number of nitrogens with zero attached hydrogens (tertiary/aromatic N) is 4. The predicted octanol–water partition coefficient (Wildman–Crippen LogP) is 9.11. The van der Waals surface area contributed by atoms with Gasteiger partial charge in [-0.1, -0.05) is 0 Å². The van der Waals surface area contributed by atoms with Gasteiger partial charge in [0.25, 0.3) is 11.4 Å². The molecule has 8 rings (SSSR count). The van der Waals surface area contributed by atoms with Gasteiger partial charge in [-0.05, 0) is 92.3 Å². The Bertz CT molecular complexity index is 2560. The Morgan fingerprint density at radius 1 is 0.617 bits per heavy atom. The van der Waals surface area contributed by atoms with Crippen molar-refractivity contribution in [3.05, 3.63) is 138 Å². The second-order valence-electron chi connectivity index (χ2n) is 14.2. The van der Waals surface area contributed by atoms with Gasteiger partial charge in [0.05, 0.1) is 49.4 Å². The lowest BCUT2D eigenvalue weighted by molar-refractivity contribution is -0.384. The smallest absolute Gasteiger partial charge is 0.279 e. The zero-order valence-corrected chi connectivity index (χ0v) is 32.7. The van der Waals surface area contributed by atoms with Gasteiger partial charge in [0, 0.05) is 52.3 Å². The molecule has 2 unspecified atom stereocenters.